The molecular weight excluding hydrogens is 488 g/mol. The number of nitrogens with one attached hydrogen (secondary N) is 2. The number of pyridine rings is 1. The lowest BCUT2D eigenvalue weighted by Crippen LogP contribution is -2.20. The van der Waals surface area contributed by atoms with Crippen molar-refractivity contribution in [2.75, 3.05) is 10.6 Å². The molecule has 2 amide bonds. The van der Waals surface area contributed by atoms with Crippen LogP contribution in [0, 0.1) is 5.82 Å². The van der Waals surface area contributed by atoms with Crippen LogP contribution in [-0.2, 0) is 19.0 Å². The lowest BCUT2D eigenvalue weighted by atomic mass is 10.0. The molecule has 7 nitrogen and oxygen atoms in total. The Balaban J connectivity index is 1.31. The molecular formula is C26H18F4N6O. The Morgan fingerprint density at radius 3 is 2.54 bits per heavy atom. The Morgan fingerprint density at radius 2 is 1.76 bits per heavy atom. The van der Waals surface area contributed by atoms with Gasteiger partial charge in [0.05, 0.1) is 17.0 Å². The van der Waals surface area contributed by atoms with E-state index < -0.39 is 23.6 Å². The fourth-order valence-corrected chi connectivity index (χ4v) is 3.93. The summed E-state index contributed by atoms with van der Waals surface area (Å²) >= 11 is 0. The number of benzene rings is 2. The number of anilines is 2. The fraction of sp³-hybridized carbons (Fsp3) is 0.115. The van der Waals surface area contributed by atoms with Crippen LogP contribution in [0.15, 0.2) is 72.1 Å². The molecule has 37 heavy (non-hydrogen) atoms. The van der Waals surface area contributed by atoms with Crippen molar-refractivity contribution in [3.8, 4) is 11.3 Å². The van der Waals surface area contributed by atoms with Crippen molar-refractivity contribution in [1.82, 2.24) is 15.0 Å². The summed E-state index contributed by atoms with van der Waals surface area (Å²) < 4.78 is 53.6. The summed E-state index contributed by atoms with van der Waals surface area (Å²) in [6.45, 7) is 0. The maximum absolute atomic E-state index is 15.0. The van der Waals surface area contributed by atoms with Crippen LogP contribution < -0.4 is 10.6 Å². The van der Waals surface area contributed by atoms with E-state index >= 15 is 0 Å². The lowest BCUT2D eigenvalue weighted by Gasteiger charge is -2.12. The number of hydrogen-bond acceptors (Lipinski definition) is 5. The monoisotopic (exact) mass is 506 g/mol. The van der Waals surface area contributed by atoms with Crippen LogP contribution in [0.3, 0.4) is 0 Å². The molecule has 0 saturated heterocycles. The minimum absolute atomic E-state index is 0.0485. The third-order valence-corrected chi connectivity index (χ3v) is 5.67. The predicted octanol–water partition coefficient (Wildman–Crippen LogP) is 6.19. The number of aliphatic imine (C=N–C) groups is 1. The van der Waals surface area contributed by atoms with E-state index in [0.29, 0.717) is 34.6 Å². The molecule has 1 aliphatic rings. The number of urea groups is 1. The van der Waals surface area contributed by atoms with E-state index in [2.05, 4.69) is 30.6 Å². The Kier molecular flexibility index (Phi) is 6.34. The highest BCUT2D eigenvalue weighted by molar-refractivity contribution is 5.99. The molecule has 3 heterocycles. The number of fused-ring (bicyclic) bond motifs is 1. The van der Waals surface area contributed by atoms with Crippen molar-refractivity contribution in [1.29, 1.82) is 0 Å². The topological polar surface area (TPSA) is 92.2 Å². The SMILES string of the molecule is O=C(Nc1cccc(C(F)(F)F)c1)Nc1ccc(Cc2ncccc2-c2ncnc3c2N=CC3)c(F)c1. The molecule has 1 aliphatic heterocycles. The Morgan fingerprint density at radius 1 is 0.946 bits per heavy atom. The highest BCUT2D eigenvalue weighted by Crippen LogP contribution is 2.35. The zero-order valence-corrected chi connectivity index (χ0v) is 19.1. The number of alkyl halides is 3. The number of rotatable bonds is 5. The number of halogens is 4. The van der Waals surface area contributed by atoms with Gasteiger partial charge in [0.2, 0.25) is 0 Å². The smallest absolute Gasteiger partial charge is 0.308 e. The second-order valence-corrected chi connectivity index (χ2v) is 8.17. The van der Waals surface area contributed by atoms with Gasteiger partial charge < -0.3 is 10.6 Å². The van der Waals surface area contributed by atoms with Crippen LogP contribution in [-0.4, -0.2) is 27.2 Å². The van der Waals surface area contributed by atoms with Crippen molar-refractivity contribution >= 4 is 29.3 Å². The van der Waals surface area contributed by atoms with Gasteiger partial charge in [-0.1, -0.05) is 12.1 Å². The summed E-state index contributed by atoms with van der Waals surface area (Å²) in [5.74, 6) is -0.584. The summed E-state index contributed by atoms with van der Waals surface area (Å²) in [7, 11) is 0. The zero-order valence-electron chi connectivity index (χ0n) is 19.1. The normalized spacial score (nSPS) is 12.3. The molecule has 4 aromatic rings. The van der Waals surface area contributed by atoms with Gasteiger partial charge in [-0.25, -0.2) is 19.2 Å². The van der Waals surface area contributed by atoms with Crippen molar-refractivity contribution in [2.45, 2.75) is 19.0 Å². The third-order valence-electron chi connectivity index (χ3n) is 5.67. The predicted molar refractivity (Wildman–Crippen MR) is 130 cm³/mol. The molecule has 2 N–H and O–H groups in total. The van der Waals surface area contributed by atoms with Crippen LogP contribution in [0.4, 0.5) is 39.4 Å². The van der Waals surface area contributed by atoms with Gasteiger partial charge in [0.15, 0.2) is 0 Å². The van der Waals surface area contributed by atoms with Gasteiger partial charge in [0, 0.05) is 42.2 Å². The Labute approximate surface area is 208 Å². The Hall–Kier alpha value is -4.67. The minimum Gasteiger partial charge on any atom is -0.308 e. The van der Waals surface area contributed by atoms with E-state index in [1.807, 2.05) is 6.07 Å². The summed E-state index contributed by atoms with van der Waals surface area (Å²) in [5.41, 5.74) is 2.92. The van der Waals surface area contributed by atoms with Crippen LogP contribution in [0.2, 0.25) is 0 Å². The van der Waals surface area contributed by atoms with Gasteiger partial charge >= 0.3 is 12.2 Å². The molecule has 0 fully saturated rings. The number of carbonyl (C=O) groups is 1. The highest BCUT2D eigenvalue weighted by Gasteiger charge is 2.30. The van der Waals surface area contributed by atoms with Crippen LogP contribution in [0.25, 0.3) is 11.3 Å². The zero-order chi connectivity index (χ0) is 26.0. The summed E-state index contributed by atoms with van der Waals surface area (Å²) in [6.07, 6.45) is 1.06. The first-order chi connectivity index (χ1) is 17.8. The molecule has 2 aromatic carbocycles. The van der Waals surface area contributed by atoms with E-state index in [4.69, 9.17) is 0 Å². The van der Waals surface area contributed by atoms with Gasteiger partial charge in [-0.2, -0.15) is 13.2 Å². The molecule has 2 aromatic heterocycles. The number of nitrogens with zero attached hydrogens (tertiary/aromatic N) is 4. The maximum Gasteiger partial charge on any atom is 0.416 e. The van der Waals surface area contributed by atoms with Gasteiger partial charge in [-0.05, 0) is 48.0 Å². The average Bonchev–Trinajstić information content (AvgIpc) is 3.35. The molecule has 0 spiro atoms. The second-order valence-electron chi connectivity index (χ2n) is 8.17. The molecule has 5 rings (SSSR count). The van der Waals surface area contributed by atoms with Crippen molar-refractivity contribution < 1.29 is 22.4 Å². The molecule has 0 saturated carbocycles. The molecule has 0 atom stereocenters. The minimum atomic E-state index is -4.54. The second kappa shape index (κ2) is 9.76. The number of hydrogen-bond donors (Lipinski definition) is 2. The standard InChI is InChI=1S/C26H18F4N6O/c27-20-13-18(36-25(37)35-17-4-1-3-16(12-17)26(28,29)30)7-6-15(20)11-22-19(5-2-9-31-22)23-24-21(8-10-32-24)33-14-34-23/h1-7,9-10,12-14H,8,11H2,(H2,35,36,37). The van der Waals surface area contributed by atoms with Crippen molar-refractivity contribution in [3.05, 3.63) is 95.5 Å². The molecule has 0 bridgehead atoms. The van der Waals surface area contributed by atoms with Crippen LogP contribution >= 0.6 is 0 Å². The average molecular weight is 506 g/mol. The molecule has 0 radical (unpaired) electrons. The number of aromatic nitrogens is 3. The number of carbonyl (C=O) groups excluding carboxylic acids is 1. The first kappa shape index (κ1) is 24.0. The molecule has 0 unspecified atom stereocenters. The quantitative estimate of drug-likeness (QED) is 0.316. The first-order valence-electron chi connectivity index (χ1n) is 11.1. The molecule has 11 heteroatoms. The van der Waals surface area contributed by atoms with Crippen molar-refractivity contribution in [2.24, 2.45) is 4.99 Å². The molecule has 186 valence electrons. The van der Waals surface area contributed by atoms with E-state index in [1.54, 1.807) is 18.5 Å². The lowest BCUT2D eigenvalue weighted by molar-refractivity contribution is -0.137. The van der Waals surface area contributed by atoms with Crippen molar-refractivity contribution in [3.63, 3.8) is 0 Å². The summed E-state index contributed by atoms with van der Waals surface area (Å²) in [4.78, 5) is 29.7. The van der Waals surface area contributed by atoms with E-state index in [9.17, 15) is 22.4 Å². The van der Waals surface area contributed by atoms with E-state index in [1.165, 1.54) is 30.6 Å². The van der Waals surface area contributed by atoms with E-state index in [-0.39, 0.29) is 17.8 Å². The van der Waals surface area contributed by atoms with Gasteiger partial charge in [0.25, 0.3) is 0 Å². The first-order valence-corrected chi connectivity index (χ1v) is 11.1. The third kappa shape index (κ3) is 5.30. The Bertz CT molecular complexity index is 1520. The van der Waals surface area contributed by atoms with Gasteiger partial charge in [-0.15, -0.1) is 0 Å². The van der Waals surface area contributed by atoms with Gasteiger partial charge in [-0.3, -0.25) is 9.98 Å². The van der Waals surface area contributed by atoms with Crippen LogP contribution in [0.5, 0.6) is 0 Å². The van der Waals surface area contributed by atoms with Gasteiger partial charge in [0.1, 0.15) is 23.5 Å². The molecule has 0 aliphatic carbocycles. The number of amides is 2. The largest absolute Gasteiger partial charge is 0.416 e. The highest BCUT2D eigenvalue weighted by atomic mass is 19.4. The maximum atomic E-state index is 15.0. The summed E-state index contributed by atoms with van der Waals surface area (Å²) in [6, 6.07) is 11.1. The fourth-order valence-electron chi connectivity index (χ4n) is 3.93. The van der Waals surface area contributed by atoms with Crippen LogP contribution in [0.1, 0.15) is 22.5 Å². The van der Waals surface area contributed by atoms with E-state index in [0.717, 1.165) is 23.9 Å². The summed E-state index contributed by atoms with van der Waals surface area (Å²) in [5, 5.41) is 4.74.